The Bertz CT molecular complexity index is 364. The van der Waals surface area contributed by atoms with Crippen LogP contribution in [0.2, 0.25) is 0 Å². The van der Waals surface area contributed by atoms with Crippen LogP contribution in [0.5, 0.6) is 0 Å². The zero-order valence-corrected chi connectivity index (χ0v) is 12.6. The minimum atomic E-state index is 0.652. The van der Waals surface area contributed by atoms with Crippen LogP contribution in [0.25, 0.3) is 0 Å². The molecule has 4 heteroatoms. The number of nitrogens with zero attached hydrogens (tertiary/aromatic N) is 3. The molecule has 1 aromatic heterocycles. The Kier molecular flexibility index (Phi) is 5.25. The summed E-state index contributed by atoms with van der Waals surface area (Å²) in [5.41, 5.74) is 0. The van der Waals surface area contributed by atoms with Crippen LogP contribution in [-0.2, 0) is 6.54 Å². The van der Waals surface area contributed by atoms with Gasteiger partial charge in [0.1, 0.15) is 0 Å². The highest BCUT2D eigenvalue weighted by atomic mass is 15.2. The summed E-state index contributed by atoms with van der Waals surface area (Å²) in [6.07, 6.45) is 7.97. The molecule has 1 aliphatic rings. The number of imidazole rings is 1. The van der Waals surface area contributed by atoms with E-state index in [0.29, 0.717) is 5.92 Å². The van der Waals surface area contributed by atoms with Crippen LogP contribution in [-0.4, -0.2) is 41.1 Å². The Morgan fingerprint density at radius 3 is 2.79 bits per heavy atom. The van der Waals surface area contributed by atoms with E-state index in [1.54, 1.807) is 0 Å². The maximum absolute atomic E-state index is 4.41. The first kappa shape index (κ1) is 14.4. The second kappa shape index (κ2) is 6.94. The van der Waals surface area contributed by atoms with E-state index in [2.05, 4.69) is 46.9 Å². The lowest BCUT2D eigenvalue weighted by molar-refractivity contribution is 0.208. The Labute approximate surface area is 117 Å². The quantitative estimate of drug-likeness (QED) is 0.857. The molecule has 108 valence electrons. The lowest BCUT2D eigenvalue weighted by Crippen LogP contribution is -2.30. The summed E-state index contributed by atoms with van der Waals surface area (Å²) in [4.78, 5) is 6.84. The SMILES string of the molecule is CC(C)CNc1nccn1CCC1CCN(C)CC1. The van der Waals surface area contributed by atoms with Crippen molar-refractivity contribution in [1.29, 1.82) is 0 Å². The van der Waals surface area contributed by atoms with Gasteiger partial charge in [0.2, 0.25) is 5.95 Å². The number of nitrogens with one attached hydrogen (secondary N) is 1. The maximum Gasteiger partial charge on any atom is 0.202 e. The van der Waals surface area contributed by atoms with Gasteiger partial charge >= 0.3 is 0 Å². The van der Waals surface area contributed by atoms with Crippen molar-refractivity contribution >= 4 is 5.95 Å². The molecule has 0 spiro atoms. The molecule has 1 aromatic rings. The van der Waals surface area contributed by atoms with Crippen molar-refractivity contribution in [1.82, 2.24) is 14.5 Å². The largest absolute Gasteiger partial charge is 0.355 e. The summed E-state index contributed by atoms with van der Waals surface area (Å²) < 4.78 is 2.26. The number of rotatable bonds is 6. The van der Waals surface area contributed by atoms with Gasteiger partial charge in [-0.2, -0.15) is 0 Å². The standard InChI is InChI=1S/C15H28N4/c1-13(2)12-17-15-16-7-11-19(15)10-6-14-4-8-18(3)9-5-14/h7,11,13-14H,4-6,8-10,12H2,1-3H3,(H,16,17). The zero-order chi connectivity index (χ0) is 13.7. The topological polar surface area (TPSA) is 33.1 Å². The lowest BCUT2D eigenvalue weighted by atomic mass is 9.94. The average molecular weight is 264 g/mol. The molecule has 2 heterocycles. The summed E-state index contributed by atoms with van der Waals surface area (Å²) in [7, 11) is 2.22. The molecule has 2 rings (SSSR count). The molecule has 0 aromatic carbocycles. The third-order valence-electron chi connectivity index (χ3n) is 4.00. The van der Waals surface area contributed by atoms with Crippen molar-refractivity contribution in [2.45, 2.75) is 39.7 Å². The van der Waals surface area contributed by atoms with Crippen molar-refractivity contribution in [3.05, 3.63) is 12.4 Å². The monoisotopic (exact) mass is 264 g/mol. The van der Waals surface area contributed by atoms with Crippen molar-refractivity contribution in [2.24, 2.45) is 11.8 Å². The van der Waals surface area contributed by atoms with Crippen molar-refractivity contribution in [2.75, 3.05) is 32.0 Å². The minimum absolute atomic E-state index is 0.652. The molecule has 1 N–H and O–H groups in total. The minimum Gasteiger partial charge on any atom is -0.355 e. The number of likely N-dealkylation sites (tertiary alicyclic amines) is 1. The van der Waals surface area contributed by atoms with E-state index in [0.717, 1.165) is 25.0 Å². The average Bonchev–Trinajstić information content (AvgIpc) is 2.83. The van der Waals surface area contributed by atoms with Crippen LogP contribution in [0.15, 0.2) is 12.4 Å². The van der Waals surface area contributed by atoms with Crippen LogP contribution in [0, 0.1) is 11.8 Å². The van der Waals surface area contributed by atoms with Gasteiger partial charge in [-0.15, -0.1) is 0 Å². The fraction of sp³-hybridized carbons (Fsp3) is 0.800. The highest BCUT2D eigenvalue weighted by molar-refractivity contribution is 5.25. The molecular weight excluding hydrogens is 236 g/mol. The van der Waals surface area contributed by atoms with E-state index < -0.39 is 0 Å². The molecule has 4 nitrogen and oxygen atoms in total. The van der Waals surface area contributed by atoms with Gasteiger partial charge in [0.25, 0.3) is 0 Å². The molecule has 0 radical (unpaired) electrons. The van der Waals surface area contributed by atoms with Crippen LogP contribution in [0.3, 0.4) is 0 Å². The van der Waals surface area contributed by atoms with E-state index in [4.69, 9.17) is 0 Å². The molecule has 0 unspecified atom stereocenters. The second-order valence-corrected chi connectivity index (χ2v) is 6.25. The lowest BCUT2D eigenvalue weighted by Gasteiger charge is -2.29. The van der Waals surface area contributed by atoms with Crippen LogP contribution in [0.4, 0.5) is 5.95 Å². The van der Waals surface area contributed by atoms with Gasteiger partial charge in [-0.05, 0) is 51.2 Å². The van der Waals surface area contributed by atoms with Gasteiger partial charge in [0.15, 0.2) is 0 Å². The normalized spacial score (nSPS) is 18.1. The summed E-state index contributed by atoms with van der Waals surface area (Å²) in [5.74, 6) is 2.57. The number of aryl methyl sites for hydroxylation is 1. The zero-order valence-electron chi connectivity index (χ0n) is 12.6. The van der Waals surface area contributed by atoms with Crippen LogP contribution >= 0.6 is 0 Å². The first-order valence-corrected chi connectivity index (χ1v) is 7.58. The second-order valence-electron chi connectivity index (χ2n) is 6.25. The Balaban J connectivity index is 1.78. The van der Waals surface area contributed by atoms with E-state index in [1.807, 2.05) is 6.20 Å². The molecule has 0 saturated carbocycles. The number of hydrogen-bond acceptors (Lipinski definition) is 3. The summed E-state index contributed by atoms with van der Waals surface area (Å²) in [6, 6.07) is 0. The number of aromatic nitrogens is 2. The van der Waals surface area contributed by atoms with E-state index in [1.165, 1.54) is 32.4 Å². The fourth-order valence-corrected chi connectivity index (χ4v) is 2.62. The van der Waals surface area contributed by atoms with Crippen LogP contribution < -0.4 is 5.32 Å². The predicted octanol–water partition coefficient (Wildman–Crippen LogP) is 2.68. The van der Waals surface area contributed by atoms with Gasteiger partial charge < -0.3 is 14.8 Å². The fourth-order valence-electron chi connectivity index (χ4n) is 2.62. The first-order chi connectivity index (χ1) is 9.15. The summed E-state index contributed by atoms with van der Waals surface area (Å²) in [5, 5.41) is 3.43. The molecule has 0 aliphatic carbocycles. The molecular formula is C15H28N4. The highest BCUT2D eigenvalue weighted by Crippen LogP contribution is 2.21. The van der Waals surface area contributed by atoms with Crippen molar-refractivity contribution in [3.63, 3.8) is 0 Å². The number of piperidine rings is 1. The van der Waals surface area contributed by atoms with E-state index >= 15 is 0 Å². The molecule has 1 saturated heterocycles. The summed E-state index contributed by atoms with van der Waals surface area (Å²) in [6.45, 7) is 9.04. The molecule has 0 atom stereocenters. The first-order valence-electron chi connectivity index (χ1n) is 7.58. The van der Waals surface area contributed by atoms with Crippen molar-refractivity contribution in [3.8, 4) is 0 Å². The van der Waals surface area contributed by atoms with Gasteiger partial charge in [-0.25, -0.2) is 4.98 Å². The molecule has 1 aliphatic heterocycles. The van der Waals surface area contributed by atoms with Gasteiger partial charge in [0.05, 0.1) is 0 Å². The molecule has 19 heavy (non-hydrogen) atoms. The third-order valence-corrected chi connectivity index (χ3v) is 4.00. The van der Waals surface area contributed by atoms with Crippen molar-refractivity contribution < 1.29 is 0 Å². The maximum atomic E-state index is 4.41. The number of hydrogen-bond donors (Lipinski definition) is 1. The third kappa shape index (κ3) is 4.53. The molecule has 0 amide bonds. The van der Waals surface area contributed by atoms with Gasteiger partial charge in [-0.3, -0.25) is 0 Å². The van der Waals surface area contributed by atoms with Crippen LogP contribution in [0.1, 0.15) is 33.1 Å². The molecule has 0 bridgehead atoms. The Morgan fingerprint density at radius 1 is 1.37 bits per heavy atom. The van der Waals surface area contributed by atoms with E-state index in [9.17, 15) is 0 Å². The Morgan fingerprint density at radius 2 is 2.11 bits per heavy atom. The smallest absolute Gasteiger partial charge is 0.202 e. The van der Waals surface area contributed by atoms with E-state index in [-0.39, 0.29) is 0 Å². The molecule has 1 fully saturated rings. The summed E-state index contributed by atoms with van der Waals surface area (Å²) >= 11 is 0. The predicted molar refractivity (Wildman–Crippen MR) is 80.4 cm³/mol. The van der Waals surface area contributed by atoms with Gasteiger partial charge in [0, 0.05) is 25.5 Å². The number of anilines is 1. The highest BCUT2D eigenvalue weighted by Gasteiger charge is 2.16. The Hall–Kier alpha value is -1.03. The van der Waals surface area contributed by atoms with Gasteiger partial charge in [-0.1, -0.05) is 13.8 Å².